The molecule has 3 aromatic rings. The Bertz CT molecular complexity index is 1100. The number of benzene rings is 2. The molecule has 2 aromatic carbocycles. The summed E-state index contributed by atoms with van der Waals surface area (Å²) in [7, 11) is 0. The summed E-state index contributed by atoms with van der Waals surface area (Å²) in [6, 6.07) is 12.1. The number of terminal acetylenes is 1. The Morgan fingerprint density at radius 2 is 2.00 bits per heavy atom. The molecule has 1 N–H and O–H groups in total. The molecule has 0 spiro atoms. The quantitative estimate of drug-likeness (QED) is 0.608. The third-order valence-electron chi connectivity index (χ3n) is 5.11. The number of imidazole rings is 1. The van der Waals surface area contributed by atoms with Gasteiger partial charge in [0.15, 0.2) is 0 Å². The Labute approximate surface area is 171 Å². The first kappa shape index (κ1) is 19.1. The van der Waals surface area contributed by atoms with E-state index >= 15 is 0 Å². The molecule has 2 heterocycles. The second-order valence-corrected chi connectivity index (χ2v) is 8.43. The Hall–Kier alpha value is -3.26. The van der Waals surface area contributed by atoms with Crippen LogP contribution in [0.4, 0.5) is 4.79 Å². The van der Waals surface area contributed by atoms with Crippen LogP contribution in [0.1, 0.15) is 51.0 Å². The van der Waals surface area contributed by atoms with E-state index in [0.29, 0.717) is 6.54 Å². The number of aromatic nitrogens is 2. The van der Waals surface area contributed by atoms with Gasteiger partial charge in [0.05, 0.1) is 17.9 Å². The number of carbonyl (C=O) groups is 1. The Balaban J connectivity index is 1.58. The lowest BCUT2D eigenvalue weighted by Gasteiger charge is -2.27. The summed E-state index contributed by atoms with van der Waals surface area (Å²) in [5, 5.41) is 2.23. The molecule has 1 aliphatic heterocycles. The van der Waals surface area contributed by atoms with E-state index in [2.05, 4.69) is 34.1 Å². The van der Waals surface area contributed by atoms with Crippen LogP contribution in [0.2, 0.25) is 0 Å². The fourth-order valence-electron chi connectivity index (χ4n) is 3.75. The number of rotatable bonds is 2. The predicted octanol–water partition coefficient (Wildman–Crippen LogP) is 5.28. The number of hydrogen-bond acceptors (Lipinski definition) is 3. The molecule has 1 aromatic heterocycles. The van der Waals surface area contributed by atoms with Gasteiger partial charge in [-0.3, -0.25) is 4.90 Å². The number of fused-ring (bicyclic) bond motifs is 1. The van der Waals surface area contributed by atoms with Gasteiger partial charge in [-0.1, -0.05) is 24.1 Å². The molecular weight excluding hydrogens is 362 g/mol. The highest BCUT2D eigenvalue weighted by molar-refractivity contribution is 5.87. The number of amides is 1. The van der Waals surface area contributed by atoms with Crippen LogP contribution in [0.15, 0.2) is 42.6 Å². The van der Waals surface area contributed by atoms with E-state index in [1.807, 2.05) is 45.2 Å². The van der Waals surface area contributed by atoms with Crippen LogP contribution in [0.3, 0.4) is 0 Å². The molecule has 5 nitrogen and oxygen atoms in total. The van der Waals surface area contributed by atoms with E-state index in [1.54, 1.807) is 4.90 Å². The molecular formula is C24H25N3O2. The standard InChI is InChI=1S/C24H25N3O2/c1-5-16-8-9-18-14-19(11-10-17(18)13-16)20-15-25-22(26-20)21-7-6-12-27(21)23(28)29-24(2,3)4/h1,8-11,13-15,21H,6-7,12H2,2-4H3,(H,25,26). The largest absolute Gasteiger partial charge is 0.444 e. The predicted molar refractivity (Wildman–Crippen MR) is 114 cm³/mol. The number of H-pyrrole nitrogens is 1. The van der Waals surface area contributed by atoms with Gasteiger partial charge < -0.3 is 9.72 Å². The van der Waals surface area contributed by atoms with Gasteiger partial charge >= 0.3 is 6.09 Å². The third-order valence-corrected chi connectivity index (χ3v) is 5.11. The van der Waals surface area contributed by atoms with E-state index in [-0.39, 0.29) is 12.1 Å². The SMILES string of the molecule is C#Cc1ccc2cc(-c3cnc(C4CCCN4C(=O)OC(C)(C)C)[nH]3)ccc2c1. The number of nitrogens with zero attached hydrogens (tertiary/aromatic N) is 2. The lowest BCUT2D eigenvalue weighted by atomic mass is 10.0. The Kier molecular flexibility index (Phi) is 4.79. The van der Waals surface area contributed by atoms with E-state index < -0.39 is 5.60 Å². The zero-order chi connectivity index (χ0) is 20.6. The molecule has 0 aliphatic carbocycles. The molecule has 1 saturated heterocycles. The van der Waals surface area contributed by atoms with Gasteiger partial charge in [-0.25, -0.2) is 9.78 Å². The average Bonchev–Trinajstić information content (AvgIpc) is 3.35. The van der Waals surface area contributed by atoms with Crippen molar-refractivity contribution in [2.45, 2.75) is 45.3 Å². The van der Waals surface area contributed by atoms with Crippen LogP contribution >= 0.6 is 0 Å². The van der Waals surface area contributed by atoms with Crippen molar-refractivity contribution in [2.24, 2.45) is 0 Å². The minimum absolute atomic E-state index is 0.0859. The maximum Gasteiger partial charge on any atom is 0.410 e. The first-order chi connectivity index (χ1) is 13.8. The molecule has 148 valence electrons. The van der Waals surface area contributed by atoms with Crippen LogP contribution < -0.4 is 0 Å². The van der Waals surface area contributed by atoms with Crippen molar-refractivity contribution in [1.29, 1.82) is 0 Å². The molecule has 1 atom stereocenters. The molecule has 0 saturated carbocycles. The maximum atomic E-state index is 12.6. The zero-order valence-electron chi connectivity index (χ0n) is 17.0. The molecule has 0 radical (unpaired) electrons. The molecule has 1 amide bonds. The number of aromatic amines is 1. The molecule has 1 aliphatic rings. The first-order valence-electron chi connectivity index (χ1n) is 9.89. The van der Waals surface area contributed by atoms with Gasteiger partial charge in [0.2, 0.25) is 0 Å². The normalized spacial score (nSPS) is 16.8. The van der Waals surface area contributed by atoms with Crippen LogP contribution in [0, 0.1) is 12.3 Å². The Morgan fingerprint density at radius 1 is 1.24 bits per heavy atom. The second kappa shape index (κ2) is 7.29. The zero-order valence-corrected chi connectivity index (χ0v) is 17.0. The number of nitrogens with one attached hydrogen (secondary N) is 1. The lowest BCUT2D eigenvalue weighted by Crippen LogP contribution is -2.36. The minimum Gasteiger partial charge on any atom is -0.444 e. The fourth-order valence-corrected chi connectivity index (χ4v) is 3.75. The molecule has 1 unspecified atom stereocenters. The van der Waals surface area contributed by atoms with Crippen molar-refractivity contribution >= 4 is 16.9 Å². The van der Waals surface area contributed by atoms with Crippen molar-refractivity contribution in [3.05, 3.63) is 54.0 Å². The lowest BCUT2D eigenvalue weighted by molar-refractivity contribution is 0.0219. The van der Waals surface area contributed by atoms with E-state index in [0.717, 1.165) is 46.3 Å². The third kappa shape index (κ3) is 3.97. The van der Waals surface area contributed by atoms with Crippen molar-refractivity contribution in [3.63, 3.8) is 0 Å². The average molecular weight is 387 g/mol. The van der Waals surface area contributed by atoms with E-state index in [1.165, 1.54) is 0 Å². The van der Waals surface area contributed by atoms with E-state index in [9.17, 15) is 4.79 Å². The van der Waals surface area contributed by atoms with Crippen molar-refractivity contribution in [1.82, 2.24) is 14.9 Å². The number of hydrogen-bond donors (Lipinski definition) is 1. The van der Waals surface area contributed by atoms with E-state index in [4.69, 9.17) is 11.2 Å². The smallest absolute Gasteiger partial charge is 0.410 e. The molecule has 4 rings (SSSR count). The van der Waals surface area contributed by atoms with Gasteiger partial charge in [-0.2, -0.15) is 0 Å². The summed E-state index contributed by atoms with van der Waals surface area (Å²) < 4.78 is 5.56. The summed E-state index contributed by atoms with van der Waals surface area (Å²) in [5.41, 5.74) is 2.34. The van der Waals surface area contributed by atoms with Gasteiger partial charge in [0, 0.05) is 17.7 Å². The van der Waals surface area contributed by atoms with Crippen LogP contribution in [0.25, 0.3) is 22.0 Å². The minimum atomic E-state index is -0.511. The summed E-state index contributed by atoms with van der Waals surface area (Å²) in [5.74, 6) is 3.47. The van der Waals surface area contributed by atoms with Crippen LogP contribution in [-0.2, 0) is 4.74 Å². The number of ether oxygens (including phenoxy) is 1. The topological polar surface area (TPSA) is 58.2 Å². The molecule has 0 bridgehead atoms. The van der Waals surface area contributed by atoms with Crippen LogP contribution in [0.5, 0.6) is 0 Å². The Morgan fingerprint density at radius 3 is 2.76 bits per heavy atom. The fraction of sp³-hybridized carbons (Fsp3) is 0.333. The second-order valence-electron chi connectivity index (χ2n) is 8.43. The molecule has 5 heteroatoms. The highest BCUT2D eigenvalue weighted by Gasteiger charge is 2.34. The van der Waals surface area contributed by atoms with Crippen molar-refractivity contribution in [2.75, 3.05) is 6.54 Å². The maximum absolute atomic E-state index is 12.6. The van der Waals surface area contributed by atoms with Gasteiger partial charge in [-0.05, 0) is 62.6 Å². The number of carbonyl (C=O) groups excluding carboxylic acids is 1. The van der Waals surface area contributed by atoms with Gasteiger partial charge in [0.25, 0.3) is 0 Å². The van der Waals surface area contributed by atoms with Crippen molar-refractivity contribution in [3.8, 4) is 23.6 Å². The summed E-state index contributed by atoms with van der Waals surface area (Å²) in [6.45, 7) is 6.33. The highest BCUT2D eigenvalue weighted by Crippen LogP contribution is 2.33. The summed E-state index contributed by atoms with van der Waals surface area (Å²) in [4.78, 5) is 22.3. The molecule has 1 fully saturated rings. The van der Waals surface area contributed by atoms with Crippen LogP contribution in [-0.4, -0.2) is 33.1 Å². The van der Waals surface area contributed by atoms with Gasteiger partial charge in [0.1, 0.15) is 11.4 Å². The van der Waals surface area contributed by atoms with Gasteiger partial charge in [-0.15, -0.1) is 6.42 Å². The first-order valence-corrected chi connectivity index (χ1v) is 9.89. The summed E-state index contributed by atoms with van der Waals surface area (Å²) in [6.07, 6.45) is 8.85. The summed E-state index contributed by atoms with van der Waals surface area (Å²) >= 11 is 0. The molecule has 29 heavy (non-hydrogen) atoms. The number of likely N-dealkylation sites (tertiary alicyclic amines) is 1. The highest BCUT2D eigenvalue weighted by atomic mass is 16.6. The van der Waals surface area contributed by atoms with Crippen molar-refractivity contribution < 1.29 is 9.53 Å². The monoisotopic (exact) mass is 387 g/mol.